The highest BCUT2D eigenvalue weighted by Crippen LogP contribution is 2.09. The van der Waals surface area contributed by atoms with Crippen molar-refractivity contribution in [3.63, 3.8) is 0 Å². The lowest BCUT2D eigenvalue weighted by molar-refractivity contribution is 0.0606. The first-order valence-corrected chi connectivity index (χ1v) is 5.02. The van der Waals surface area contributed by atoms with Crippen LogP contribution in [0, 0.1) is 5.92 Å². The van der Waals surface area contributed by atoms with Crippen molar-refractivity contribution in [1.82, 2.24) is 0 Å². The SMILES string of the molecule is CCOC(CN)CCCC(C)C. The zero-order chi connectivity index (χ0) is 9.40. The largest absolute Gasteiger partial charge is 0.377 e. The van der Waals surface area contributed by atoms with Crippen LogP contribution in [0.3, 0.4) is 0 Å². The van der Waals surface area contributed by atoms with Gasteiger partial charge in [-0.2, -0.15) is 0 Å². The Hall–Kier alpha value is -0.0800. The van der Waals surface area contributed by atoms with Crippen LogP contribution in [0.2, 0.25) is 0 Å². The van der Waals surface area contributed by atoms with E-state index in [-0.39, 0.29) is 6.10 Å². The first-order valence-electron chi connectivity index (χ1n) is 5.02. The van der Waals surface area contributed by atoms with Crippen molar-refractivity contribution in [2.24, 2.45) is 11.7 Å². The van der Waals surface area contributed by atoms with Gasteiger partial charge in [-0.15, -0.1) is 0 Å². The standard InChI is InChI=1S/C10H23NO/c1-4-12-10(8-11)7-5-6-9(2)3/h9-10H,4-8,11H2,1-3H3. The highest BCUT2D eigenvalue weighted by molar-refractivity contribution is 4.59. The molecule has 0 fully saturated rings. The van der Waals surface area contributed by atoms with Gasteiger partial charge in [0.15, 0.2) is 0 Å². The molecule has 1 atom stereocenters. The smallest absolute Gasteiger partial charge is 0.0697 e. The summed E-state index contributed by atoms with van der Waals surface area (Å²) < 4.78 is 5.45. The molecule has 2 N–H and O–H groups in total. The van der Waals surface area contributed by atoms with Gasteiger partial charge in [-0.1, -0.05) is 26.7 Å². The van der Waals surface area contributed by atoms with Gasteiger partial charge in [0.2, 0.25) is 0 Å². The van der Waals surface area contributed by atoms with Crippen molar-refractivity contribution in [3.05, 3.63) is 0 Å². The van der Waals surface area contributed by atoms with Gasteiger partial charge in [-0.25, -0.2) is 0 Å². The van der Waals surface area contributed by atoms with Crippen LogP contribution in [0.5, 0.6) is 0 Å². The second-order valence-electron chi connectivity index (χ2n) is 3.64. The van der Waals surface area contributed by atoms with E-state index in [0.717, 1.165) is 18.9 Å². The minimum absolute atomic E-state index is 0.286. The molecule has 74 valence electrons. The summed E-state index contributed by atoms with van der Waals surface area (Å²) in [5.74, 6) is 0.796. The summed E-state index contributed by atoms with van der Waals surface area (Å²) in [7, 11) is 0. The number of hydrogen-bond acceptors (Lipinski definition) is 2. The van der Waals surface area contributed by atoms with Crippen molar-refractivity contribution in [3.8, 4) is 0 Å². The Morgan fingerprint density at radius 2 is 1.92 bits per heavy atom. The van der Waals surface area contributed by atoms with Crippen molar-refractivity contribution in [2.75, 3.05) is 13.2 Å². The molecular formula is C10H23NO. The van der Waals surface area contributed by atoms with Gasteiger partial charge in [0, 0.05) is 13.2 Å². The Labute approximate surface area is 76.5 Å². The molecule has 0 aliphatic heterocycles. The molecule has 0 heterocycles. The fourth-order valence-electron chi connectivity index (χ4n) is 1.26. The lowest BCUT2D eigenvalue weighted by atomic mass is 10.0. The Kier molecular flexibility index (Phi) is 7.51. The van der Waals surface area contributed by atoms with Gasteiger partial charge in [-0.05, 0) is 19.3 Å². The van der Waals surface area contributed by atoms with Gasteiger partial charge < -0.3 is 10.5 Å². The van der Waals surface area contributed by atoms with E-state index in [1.807, 2.05) is 6.92 Å². The Morgan fingerprint density at radius 1 is 1.25 bits per heavy atom. The van der Waals surface area contributed by atoms with Crippen LogP contribution in [0.4, 0.5) is 0 Å². The topological polar surface area (TPSA) is 35.2 Å². The maximum Gasteiger partial charge on any atom is 0.0697 e. The molecule has 0 radical (unpaired) electrons. The molecule has 0 aliphatic rings. The van der Waals surface area contributed by atoms with Crippen LogP contribution >= 0.6 is 0 Å². The Morgan fingerprint density at radius 3 is 2.33 bits per heavy atom. The van der Waals surface area contributed by atoms with Crippen molar-refractivity contribution in [1.29, 1.82) is 0 Å². The summed E-state index contributed by atoms with van der Waals surface area (Å²) in [5, 5.41) is 0. The van der Waals surface area contributed by atoms with E-state index in [1.54, 1.807) is 0 Å². The molecule has 0 aliphatic carbocycles. The molecule has 0 aromatic heterocycles. The molecule has 2 nitrogen and oxygen atoms in total. The van der Waals surface area contributed by atoms with E-state index in [9.17, 15) is 0 Å². The number of ether oxygens (including phenoxy) is 1. The Balaban J connectivity index is 3.31. The average molecular weight is 173 g/mol. The van der Waals surface area contributed by atoms with Gasteiger partial charge in [-0.3, -0.25) is 0 Å². The van der Waals surface area contributed by atoms with E-state index in [1.165, 1.54) is 12.8 Å². The molecule has 2 heteroatoms. The zero-order valence-corrected chi connectivity index (χ0v) is 8.68. The molecule has 0 saturated carbocycles. The highest BCUT2D eigenvalue weighted by atomic mass is 16.5. The summed E-state index contributed by atoms with van der Waals surface area (Å²) in [6.45, 7) is 7.96. The van der Waals surface area contributed by atoms with Crippen molar-refractivity contribution in [2.45, 2.75) is 46.1 Å². The molecule has 1 unspecified atom stereocenters. The Bertz CT molecular complexity index is 93.8. The summed E-state index contributed by atoms with van der Waals surface area (Å²) in [6, 6.07) is 0. The second-order valence-corrected chi connectivity index (χ2v) is 3.64. The van der Waals surface area contributed by atoms with Crippen LogP contribution < -0.4 is 5.73 Å². The quantitative estimate of drug-likeness (QED) is 0.640. The molecule has 0 bridgehead atoms. The molecule has 0 saturated heterocycles. The minimum atomic E-state index is 0.286. The fourth-order valence-corrected chi connectivity index (χ4v) is 1.26. The molecule has 0 spiro atoms. The fraction of sp³-hybridized carbons (Fsp3) is 1.00. The number of hydrogen-bond donors (Lipinski definition) is 1. The maximum absolute atomic E-state index is 5.55. The molecular weight excluding hydrogens is 150 g/mol. The molecule has 0 amide bonds. The van der Waals surface area contributed by atoms with E-state index in [0.29, 0.717) is 6.54 Å². The first-order chi connectivity index (χ1) is 5.70. The van der Waals surface area contributed by atoms with Gasteiger partial charge in [0.05, 0.1) is 6.10 Å². The molecule has 0 rings (SSSR count). The second kappa shape index (κ2) is 7.56. The summed E-state index contributed by atoms with van der Waals surface area (Å²) in [5.41, 5.74) is 5.55. The van der Waals surface area contributed by atoms with E-state index in [4.69, 9.17) is 10.5 Å². The van der Waals surface area contributed by atoms with Crippen LogP contribution in [-0.2, 0) is 4.74 Å². The van der Waals surface area contributed by atoms with E-state index in [2.05, 4.69) is 13.8 Å². The van der Waals surface area contributed by atoms with Gasteiger partial charge in [0.25, 0.3) is 0 Å². The van der Waals surface area contributed by atoms with Crippen molar-refractivity contribution >= 4 is 0 Å². The van der Waals surface area contributed by atoms with Crippen LogP contribution in [0.15, 0.2) is 0 Å². The lowest BCUT2D eigenvalue weighted by Crippen LogP contribution is -2.23. The van der Waals surface area contributed by atoms with E-state index < -0.39 is 0 Å². The monoisotopic (exact) mass is 173 g/mol. The van der Waals surface area contributed by atoms with Crippen LogP contribution in [-0.4, -0.2) is 19.3 Å². The van der Waals surface area contributed by atoms with Gasteiger partial charge in [0.1, 0.15) is 0 Å². The third-order valence-corrected chi connectivity index (χ3v) is 1.97. The molecule has 0 aromatic carbocycles. The number of nitrogens with two attached hydrogens (primary N) is 1. The van der Waals surface area contributed by atoms with E-state index >= 15 is 0 Å². The summed E-state index contributed by atoms with van der Waals surface area (Å²) in [6.07, 6.45) is 3.92. The first kappa shape index (κ1) is 11.9. The number of rotatable bonds is 7. The summed E-state index contributed by atoms with van der Waals surface area (Å²) in [4.78, 5) is 0. The normalized spacial score (nSPS) is 13.8. The minimum Gasteiger partial charge on any atom is -0.377 e. The third-order valence-electron chi connectivity index (χ3n) is 1.97. The van der Waals surface area contributed by atoms with Crippen LogP contribution in [0.1, 0.15) is 40.0 Å². The van der Waals surface area contributed by atoms with Crippen molar-refractivity contribution < 1.29 is 4.74 Å². The van der Waals surface area contributed by atoms with Crippen LogP contribution in [0.25, 0.3) is 0 Å². The zero-order valence-electron chi connectivity index (χ0n) is 8.68. The van der Waals surface area contributed by atoms with Gasteiger partial charge >= 0.3 is 0 Å². The predicted molar refractivity (Wildman–Crippen MR) is 53.2 cm³/mol. The molecule has 12 heavy (non-hydrogen) atoms. The predicted octanol–water partition coefficient (Wildman–Crippen LogP) is 2.18. The average Bonchev–Trinajstić information content (AvgIpc) is 2.02. The lowest BCUT2D eigenvalue weighted by Gasteiger charge is -2.14. The molecule has 0 aromatic rings. The highest BCUT2D eigenvalue weighted by Gasteiger charge is 2.05. The summed E-state index contributed by atoms with van der Waals surface area (Å²) >= 11 is 0. The third kappa shape index (κ3) is 6.62. The maximum atomic E-state index is 5.55.